The van der Waals surface area contributed by atoms with Crippen molar-refractivity contribution in [3.05, 3.63) is 59.7 Å². The van der Waals surface area contributed by atoms with Crippen molar-refractivity contribution in [1.29, 1.82) is 0 Å². The molecule has 2 aliphatic heterocycles. The van der Waals surface area contributed by atoms with E-state index >= 15 is 0 Å². The van der Waals surface area contributed by atoms with Gasteiger partial charge in [-0.15, -0.1) is 0 Å². The minimum absolute atomic E-state index is 0.228. The van der Waals surface area contributed by atoms with Gasteiger partial charge >= 0.3 is 0 Å². The van der Waals surface area contributed by atoms with Crippen LogP contribution in [0.15, 0.2) is 53.4 Å². The van der Waals surface area contributed by atoms with Gasteiger partial charge in [0.1, 0.15) is 0 Å². The fourth-order valence-corrected chi connectivity index (χ4v) is 4.52. The number of aryl methyl sites for hydroxylation is 1. The minimum atomic E-state index is -3.49. The molecule has 0 unspecified atom stereocenters. The molecule has 0 saturated carbocycles. The number of ether oxygens (including phenoxy) is 2. The number of sulfonamides is 1. The molecular formula is C19H19NO4S. The van der Waals surface area contributed by atoms with Crippen molar-refractivity contribution in [1.82, 2.24) is 4.31 Å². The number of nitrogens with zero attached hydrogens (tertiary/aromatic N) is 1. The standard InChI is InChI=1S/C19H19NO4S/c1-14-4-7-17(8-5-14)25(21,22)20-10-2-3-16(12-20)15-6-9-18-19(11-15)24-13-23-18/h3-9,11H,2,10,12-13H2,1H3. The molecule has 0 aliphatic carbocycles. The van der Waals surface area contributed by atoms with Crippen LogP contribution in [0.25, 0.3) is 5.57 Å². The average molecular weight is 357 g/mol. The first-order chi connectivity index (χ1) is 12.0. The van der Waals surface area contributed by atoms with Gasteiger partial charge in [0.25, 0.3) is 0 Å². The molecule has 2 aromatic rings. The van der Waals surface area contributed by atoms with Crippen LogP contribution in [0.2, 0.25) is 0 Å². The Morgan fingerprint density at radius 3 is 2.56 bits per heavy atom. The van der Waals surface area contributed by atoms with Gasteiger partial charge in [-0.05, 0) is 48.7 Å². The molecule has 2 aliphatic rings. The molecule has 0 aromatic heterocycles. The molecule has 2 aromatic carbocycles. The maximum Gasteiger partial charge on any atom is 0.243 e. The maximum atomic E-state index is 12.9. The smallest absolute Gasteiger partial charge is 0.243 e. The third-order valence-electron chi connectivity index (χ3n) is 4.52. The summed E-state index contributed by atoms with van der Waals surface area (Å²) in [6, 6.07) is 12.7. The van der Waals surface area contributed by atoms with Crippen LogP contribution in [0.4, 0.5) is 0 Å². The van der Waals surface area contributed by atoms with E-state index < -0.39 is 10.0 Å². The second kappa shape index (κ2) is 6.20. The van der Waals surface area contributed by atoms with Crippen LogP contribution in [-0.2, 0) is 10.0 Å². The van der Waals surface area contributed by atoms with Crippen molar-refractivity contribution in [2.24, 2.45) is 0 Å². The number of rotatable bonds is 3. The summed E-state index contributed by atoms with van der Waals surface area (Å²) in [7, 11) is -3.49. The zero-order valence-electron chi connectivity index (χ0n) is 13.9. The van der Waals surface area contributed by atoms with E-state index in [1.165, 1.54) is 4.31 Å². The van der Waals surface area contributed by atoms with E-state index in [0.717, 1.165) is 22.4 Å². The summed E-state index contributed by atoms with van der Waals surface area (Å²) in [4.78, 5) is 0.338. The molecule has 0 amide bonds. The zero-order valence-corrected chi connectivity index (χ0v) is 14.8. The first-order valence-corrected chi connectivity index (χ1v) is 9.64. The van der Waals surface area contributed by atoms with Gasteiger partial charge < -0.3 is 9.47 Å². The van der Waals surface area contributed by atoms with Gasteiger partial charge in [0, 0.05) is 13.1 Å². The summed E-state index contributed by atoms with van der Waals surface area (Å²) in [5.41, 5.74) is 2.99. The summed E-state index contributed by atoms with van der Waals surface area (Å²) in [6.45, 7) is 3.02. The SMILES string of the molecule is Cc1ccc(S(=O)(=O)N2CCC=C(c3ccc4c(c3)OCO4)C2)cc1. The van der Waals surface area contributed by atoms with Gasteiger partial charge in [0.2, 0.25) is 16.8 Å². The first kappa shape index (κ1) is 16.2. The molecule has 0 atom stereocenters. The van der Waals surface area contributed by atoms with Gasteiger partial charge in [-0.1, -0.05) is 29.8 Å². The molecule has 6 heteroatoms. The topological polar surface area (TPSA) is 55.8 Å². The molecule has 0 saturated heterocycles. The predicted octanol–water partition coefficient (Wildman–Crippen LogP) is 3.20. The molecule has 25 heavy (non-hydrogen) atoms. The van der Waals surface area contributed by atoms with E-state index in [4.69, 9.17) is 9.47 Å². The van der Waals surface area contributed by atoms with Crippen LogP contribution >= 0.6 is 0 Å². The molecule has 4 rings (SSSR count). The number of hydrogen-bond acceptors (Lipinski definition) is 4. The van der Waals surface area contributed by atoms with Crippen LogP contribution < -0.4 is 9.47 Å². The normalized spacial score (nSPS) is 17.4. The van der Waals surface area contributed by atoms with E-state index in [9.17, 15) is 8.42 Å². The Bertz CT molecular complexity index is 932. The number of hydrogen-bond donors (Lipinski definition) is 0. The second-order valence-electron chi connectivity index (χ2n) is 6.24. The number of benzene rings is 2. The van der Waals surface area contributed by atoms with Crippen molar-refractivity contribution in [3.8, 4) is 11.5 Å². The van der Waals surface area contributed by atoms with Gasteiger partial charge in [-0.3, -0.25) is 0 Å². The molecule has 0 radical (unpaired) electrons. The lowest BCUT2D eigenvalue weighted by atomic mass is 10.0. The zero-order chi connectivity index (χ0) is 17.4. The molecule has 0 N–H and O–H groups in total. The fourth-order valence-electron chi connectivity index (χ4n) is 3.09. The Morgan fingerprint density at radius 2 is 1.76 bits per heavy atom. The quantitative estimate of drug-likeness (QED) is 0.846. The predicted molar refractivity (Wildman–Crippen MR) is 95.1 cm³/mol. The van der Waals surface area contributed by atoms with E-state index in [1.54, 1.807) is 12.1 Å². The lowest BCUT2D eigenvalue weighted by Crippen LogP contribution is -2.35. The van der Waals surface area contributed by atoms with Crippen molar-refractivity contribution in [2.45, 2.75) is 18.2 Å². The van der Waals surface area contributed by atoms with Crippen molar-refractivity contribution >= 4 is 15.6 Å². The molecular weight excluding hydrogens is 338 g/mol. The molecule has 0 spiro atoms. The highest BCUT2D eigenvalue weighted by molar-refractivity contribution is 7.89. The Hall–Kier alpha value is -2.31. The Morgan fingerprint density at radius 1 is 1.00 bits per heavy atom. The van der Waals surface area contributed by atoms with E-state index in [1.807, 2.05) is 37.3 Å². The minimum Gasteiger partial charge on any atom is -0.454 e. The van der Waals surface area contributed by atoms with Gasteiger partial charge in [-0.25, -0.2) is 8.42 Å². The largest absolute Gasteiger partial charge is 0.454 e. The van der Waals surface area contributed by atoms with Crippen LogP contribution in [0, 0.1) is 6.92 Å². The number of fused-ring (bicyclic) bond motifs is 1. The highest BCUT2D eigenvalue weighted by atomic mass is 32.2. The summed E-state index contributed by atoms with van der Waals surface area (Å²) in [5.74, 6) is 1.43. The highest BCUT2D eigenvalue weighted by Crippen LogP contribution is 2.35. The lowest BCUT2D eigenvalue weighted by molar-refractivity contribution is 0.174. The van der Waals surface area contributed by atoms with Crippen LogP contribution in [0.5, 0.6) is 11.5 Å². The van der Waals surface area contributed by atoms with Crippen molar-refractivity contribution in [3.63, 3.8) is 0 Å². The summed E-state index contributed by atoms with van der Waals surface area (Å²) >= 11 is 0. The third-order valence-corrected chi connectivity index (χ3v) is 6.38. The Kier molecular flexibility index (Phi) is 4.01. The summed E-state index contributed by atoms with van der Waals surface area (Å²) < 4.78 is 38.1. The highest BCUT2D eigenvalue weighted by Gasteiger charge is 2.27. The van der Waals surface area contributed by atoms with Crippen LogP contribution in [0.1, 0.15) is 17.5 Å². The Balaban J connectivity index is 1.60. The van der Waals surface area contributed by atoms with Gasteiger partial charge in [0.05, 0.1) is 4.90 Å². The third kappa shape index (κ3) is 3.03. The second-order valence-corrected chi connectivity index (χ2v) is 8.18. The monoisotopic (exact) mass is 357 g/mol. The molecule has 0 fully saturated rings. The van der Waals surface area contributed by atoms with Gasteiger partial charge in [0.15, 0.2) is 11.5 Å². The average Bonchev–Trinajstić information content (AvgIpc) is 3.10. The van der Waals surface area contributed by atoms with Crippen LogP contribution in [-0.4, -0.2) is 32.6 Å². The Labute approximate surface area is 147 Å². The van der Waals surface area contributed by atoms with Crippen molar-refractivity contribution in [2.75, 3.05) is 19.9 Å². The lowest BCUT2D eigenvalue weighted by Gasteiger charge is -2.27. The first-order valence-electron chi connectivity index (χ1n) is 8.20. The molecule has 5 nitrogen and oxygen atoms in total. The molecule has 0 bridgehead atoms. The molecule has 2 heterocycles. The fraction of sp³-hybridized carbons (Fsp3) is 0.263. The van der Waals surface area contributed by atoms with Crippen LogP contribution in [0.3, 0.4) is 0 Å². The van der Waals surface area contributed by atoms with E-state index in [-0.39, 0.29) is 6.79 Å². The summed E-state index contributed by atoms with van der Waals surface area (Å²) in [5, 5.41) is 0. The summed E-state index contributed by atoms with van der Waals surface area (Å²) in [6.07, 6.45) is 2.79. The van der Waals surface area contributed by atoms with E-state index in [2.05, 4.69) is 6.08 Å². The molecule has 130 valence electrons. The van der Waals surface area contributed by atoms with Gasteiger partial charge in [-0.2, -0.15) is 4.31 Å². The van der Waals surface area contributed by atoms with Crippen molar-refractivity contribution < 1.29 is 17.9 Å². The van der Waals surface area contributed by atoms with E-state index in [0.29, 0.717) is 30.2 Å². The maximum absolute atomic E-state index is 12.9.